The molecule has 9 heteroatoms. The van der Waals surface area contributed by atoms with Crippen molar-refractivity contribution in [2.75, 3.05) is 10.6 Å². The van der Waals surface area contributed by atoms with Crippen LogP contribution < -0.4 is 10.6 Å². The van der Waals surface area contributed by atoms with Gasteiger partial charge in [0.25, 0.3) is 0 Å². The second-order valence-corrected chi connectivity index (χ2v) is 8.25. The summed E-state index contributed by atoms with van der Waals surface area (Å²) in [6, 6.07) is 11.1. The average Bonchev–Trinajstić information content (AvgIpc) is 2.94. The Balaban J connectivity index is 1.69. The predicted molar refractivity (Wildman–Crippen MR) is 122 cm³/mol. The molecule has 3 aromatic rings. The Morgan fingerprint density at radius 1 is 1.11 bits per heavy atom. The molecule has 1 heterocycles. The summed E-state index contributed by atoms with van der Waals surface area (Å²) >= 11 is 27.0. The van der Waals surface area contributed by atoms with Gasteiger partial charge in [-0.05, 0) is 70.5 Å². The Morgan fingerprint density at radius 3 is 2.63 bits per heavy atom. The van der Waals surface area contributed by atoms with Crippen molar-refractivity contribution in [2.45, 2.75) is 13.5 Å². The molecule has 0 aliphatic heterocycles. The van der Waals surface area contributed by atoms with Crippen LogP contribution in [-0.4, -0.2) is 14.9 Å². The average molecular weight is 505 g/mol. The number of hydrogen-bond donors (Lipinski definition) is 2. The van der Waals surface area contributed by atoms with E-state index in [-0.39, 0.29) is 0 Å². The molecule has 4 nitrogen and oxygen atoms in total. The van der Waals surface area contributed by atoms with Gasteiger partial charge in [-0.15, -0.1) is 0 Å². The highest BCUT2D eigenvalue weighted by atomic mass is 79.9. The third-order valence-corrected chi connectivity index (χ3v) is 5.73. The highest BCUT2D eigenvalue weighted by molar-refractivity contribution is 9.10. The molecular weight excluding hydrogens is 491 g/mol. The maximum atomic E-state index is 6.14. The van der Waals surface area contributed by atoms with Crippen molar-refractivity contribution in [2.24, 2.45) is 0 Å². The van der Waals surface area contributed by atoms with Crippen LogP contribution in [0.2, 0.25) is 15.1 Å². The van der Waals surface area contributed by atoms with Crippen LogP contribution in [0.15, 0.2) is 47.1 Å². The molecule has 1 aromatic heterocycles. The molecule has 2 N–H and O–H groups in total. The zero-order valence-electron chi connectivity index (χ0n) is 14.1. The number of nitrogens with zero attached hydrogens (tertiary/aromatic N) is 2. The fourth-order valence-corrected chi connectivity index (χ4v) is 3.51. The Hall–Kier alpha value is -1.31. The summed E-state index contributed by atoms with van der Waals surface area (Å²) in [6.45, 7) is 2.47. The van der Waals surface area contributed by atoms with Crippen LogP contribution in [0.4, 0.5) is 11.5 Å². The molecule has 0 atom stereocenters. The van der Waals surface area contributed by atoms with Crippen molar-refractivity contribution in [1.82, 2.24) is 9.78 Å². The number of aromatic nitrogens is 2. The van der Waals surface area contributed by atoms with Gasteiger partial charge < -0.3 is 10.6 Å². The summed E-state index contributed by atoms with van der Waals surface area (Å²) < 4.78 is 2.56. The lowest BCUT2D eigenvalue weighted by Crippen LogP contribution is -2.20. The molecule has 27 heavy (non-hydrogen) atoms. The normalized spacial score (nSPS) is 10.7. The third-order valence-electron chi connectivity index (χ3n) is 3.79. The van der Waals surface area contributed by atoms with Crippen molar-refractivity contribution < 1.29 is 0 Å². The first-order chi connectivity index (χ1) is 12.8. The number of nitrogens with one attached hydrogen (secondary N) is 2. The van der Waals surface area contributed by atoms with Gasteiger partial charge >= 0.3 is 0 Å². The van der Waals surface area contributed by atoms with E-state index in [9.17, 15) is 0 Å². The van der Waals surface area contributed by atoms with Gasteiger partial charge in [0, 0.05) is 16.9 Å². The number of anilines is 2. The summed E-state index contributed by atoms with van der Waals surface area (Å²) in [4.78, 5) is 0. The summed E-state index contributed by atoms with van der Waals surface area (Å²) in [7, 11) is 0. The molecule has 0 unspecified atom stereocenters. The Kier molecular flexibility index (Phi) is 6.65. The van der Waals surface area contributed by atoms with Crippen LogP contribution in [0.5, 0.6) is 0 Å². The number of hydrogen-bond acceptors (Lipinski definition) is 2. The lowest BCUT2D eigenvalue weighted by Gasteiger charge is -2.12. The van der Waals surface area contributed by atoms with Crippen LogP contribution in [0.1, 0.15) is 11.1 Å². The van der Waals surface area contributed by atoms with Gasteiger partial charge in [-0.1, -0.05) is 46.9 Å². The number of benzene rings is 2. The molecule has 3 rings (SSSR count). The van der Waals surface area contributed by atoms with Crippen molar-refractivity contribution in [3.63, 3.8) is 0 Å². The molecule has 0 bridgehead atoms. The Labute approximate surface area is 185 Å². The molecule has 0 amide bonds. The zero-order valence-corrected chi connectivity index (χ0v) is 18.7. The van der Waals surface area contributed by atoms with Crippen molar-refractivity contribution in [3.05, 3.63) is 73.3 Å². The van der Waals surface area contributed by atoms with Crippen molar-refractivity contribution in [1.29, 1.82) is 0 Å². The number of rotatable bonds is 4. The second-order valence-electron chi connectivity index (χ2n) is 5.76. The largest absolute Gasteiger partial charge is 0.332 e. The van der Waals surface area contributed by atoms with Gasteiger partial charge in [-0.25, -0.2) is 0 Å². The maximum Gasteiger partial charge on any atom is 0.176 e. The first kappa shape index (κ1) is 20.4. The summed E-state index contributed by atoms with van der Waals surface area (Å²) in [5.74, 6) is 0.604. The fourth-order valence-electron chi connectivity index (χ4n) is 2.39. The smallest absolute Gasteiger partial charge is 0.176 e. The minimum absolute atomic E-state index is 0.417. The molecule has 0 aliphatic carbocycles. The minimum Gasteiger partial charge on any atom is -0.332 e. The fraction of sp³-hybridized carbons (Fsp3) is 0.111. The minimum atomic E-state index is 0.417. The van der Waals surface area contributed by atoms with Crippen LogP contribution in [0.3, 0.4) is 0 Å². The highest BCUT2D eigenvalue weighted by Gasteiger charge is 2.11. The number of thiocarbonyl (C=S) groups is 1. The van der Waals surface area contributed by atoms with E-state index >= 15 is 0 Å². The van der Waals surface area contributed by atoms with Gasteiger partial charge in [0.1, 0.15) is 0 Å². The van der Waals surface area contributed by atoms with Gasteiger partial charge in [-0.3, -0.25) is 4.68 Å². The van der Waals surface area contributed by atoms with Gasteiger partial charge in [0.2, 0.25) is 0 Å². The van der Waals surface area contributed by atoms with Crippen LogP contribution in [0, 0.1) is 6.92 Å². The molecule has 0 spiro atoms. The molecule has 0 saturated heterocycles. The van der Waals surface area contributed by atoms with Crippen LogP contribution in [-0.2, 0) is 6.54 Å². The molecule has 0 radical (unpaired) electrons. The Morgan fingerprint density at radius 2 is 1.89 bits per heavy atom. The molecule has 2 aromatic carbocycles. The molecule has 140 valence electrons. The van der Waals surface area contributed by atoms with E-state index in [2.05, 4.69) is 31.7 Å². The summed E-state index contributed by atoms with van der Waals surface area (Å²) in [5, 5.41) is 12.9. The van der Waals surface area contributed by atoms with Gasteiger partial charge in [0.15, 0.2) is 10.9 Å². The van der Waals surface area contributed by atoms with E-state index in [1.807, 2.05) is 43.5 Å². The van der Waals surface area contributed by atoms with E-state index in [4.69, 9.17) is 47.0 Å². The van der Waals surface area contributed by atoms with Gasteiger partial charge in [-0.2, -0.15) is 5.10 Å². The summed E-state index contributed by atoms with van der Waals surface area (Å²) in [6.07, 6.45) is 1.86. The lowest BCUT2D eigenvalue weighted by molar-refractivity contribution is 0.689. The quantitative estimate of drug-likeness (QED) is 0.385. The topological polar surface area (TPSA) is 41.9 Å². The monoisotopic (exact) mass is 502 g/mol. The van der Waals surface area contributed by atoms with E-state index in [1.54, 1.807) is 10.7 Å². The molecule has 0 fully saturated rings. The molecule has 0 aliphatic rings. The highest BCUT2D eigenvalue weighted by Crippen LogP contribution is 2.26. The van der Waals surface area contributed by atoms with Crippen molar-refractivity contribution in [3.8, 4) is 0 Å². The lowest BCUT2D eigenvalue weighted by atomic mass is 10.2. The van der Waals surface area contributed by atoms with Crippen LogP contribution in [0.25, 0.3) is 0 Å². The number of halogens is 4. The van der Waals surface area contributed by atoms with Crippen LogP contribution >= 0.6 is 63.0 Å². The third kappa shape index (κ3) is 5.15. The van der Waals surface area contributed by atoms with E-state index in [0.717, 1.165) is 21.3 Å². The van der Waals surface area contributed by atoms with E-state index < -0.39 is 0 Å². The predicted octanol–water partition coefficient (Wildman–Crippen LogP) is 6.77. The standard InChI is InChI=1S/C18H14BrCl3N4S/c1-10-13(20)3-2-4-16(10)23-18(27)24-17-12(19)9-26(25-17)8-11-5-6-14(21)15(22)7-11/h2-7,9H,8H2,1H3,(H2,23,24,25,27). The SMILES string of the molecule is Cc1c(Cl)cccc1NC(=S)Nc1nn(Cc2ccc(Cl)c(Cl)c2)cc1Br. The second kappa shape index (κ2) is 8.80. The van der Waals surface area contributed by atoms with E-state index in [1.165, 1.54) is 0 Å². The first-order valence-electron chi connectivity index (χ1n) is 7.83. The first-order valence-corrected chi connectivity index (χ1v) is 10.2. The molecular formula is C18H14BrCl3N4S. The van der Waals surface area contributed by atoms with Crippen molar-refractivity contribution >= 4 is 79.6 Å². The van der Waals surface area contributed by atoms with Gasteiger partial charge in [0.05, 0.1) is 21.1 Å². The zero-order chi connectivity index (χ0) is 19.6. The maximum absolute atomic E-state index is 6.14. The van der Waals surface area contributed by atoms with E-state index in [0.29, 0.717) is 32.5 Å². The molecule has 0 saturated carbocycles. The summed E-state index contributed by atoms with van der Waals surface area (Å²) in [5.41, 5.74) is 2.75. The Bertz CT molecular complexity index is 1010.